The van der Waals surface area contributed by atoms with E-state index in [1.165, 1.54) is 17.7 Å². The molecule has 1 aromatic heterocycles. The Morgan fingerprint density at radius 1 is 1.26 bits per heavy atom. The lowest BCUT2D eigenvalue weighted by molar-refractivity contribution is 0.628. The first-order valence-electron chi connectivity index (χ1n) is 6.63. The van der Waals surface area contributed by atoms with Crippen molar-refractivity contribution in [1.82, 2.24) is 15.3 Å². The molecule has 1 aliphatic rings. The molecule has 0 saturated heterocycles. The summed E-state index contributed by atoms with van der Waals surface area (Å²) in [6.45, 7) is 3.75. The van der Waals surface area contributed by atoms with Crippen molar-refractivity contribution in [3.05, 3.63) is 47.0 Å². The van der Waals surface area contributed by atoms with Crippen LogP contribution in [0.2, 0.25) is 0 Å². The highest BCUT2D eigenvalue weighted by Gasteiger charge is 2.18. The van der Waals surface area contributed by atoms with Crippen molar-refractivity contribution >= 4 is 0 Å². The summed E-state index contributed by atoms with van der Waals surface area (Å²) in [4.78, 5) is 9.19. The average molecular weight is 257 g/mol. The van der Waals surface area contributed by atoms with E-state index in [-0.39, 0.29) is 5.82 Å². The molecule has 1 N–H and O–H groups in total. The minimum absolute atomic E-state index is 0.253. The number of rotatable bonds is 3. The van der Waals surface area contributed by atoms with Crippen molar-refractivity contribution in [2.75, 3.05) is 0 Å². The zero-order valence-corrected chi connectivity index (χ0v) is 10.9. The second kappa shape index (κ2) is 5.05. The Bertz CT molecular complexity index is 610. The number of hydrogen-bond donors (Lipinski definition) is 1. The normalized spacial score (nSPS) is 13.6. The van der Waals surface area contributed by atoms with E-state index in [2.05, 4.69) is 22.2 Å². The van der Waals surface area contributed by atoms with Crippen LogP contribution in [-0.4, -0.2) is 9.97 Å². The van der Waals surface area contributed by atoms with Crippen molar-refractivity contribution in [2.24, 2.45) is 0 Å². The van der Waals surface area contributed by atoms with Gasteiger partial charge in [0, 0.05) is 29.9 Å². The molecule has 98 valence electrons. The molecule has 0 amide bonds. The van der Waals surface area contributed by atoms with Gasteiger partial charge in [-0.05, 0) is 18.6 Å². The van der Waals surface area contributed by atoms with Crippen LogP contribution in [0.3, 0.4) is 0 Å². The summed E-state index contributed by atoms with van der Waals surface area (Å²) in [5.41, 5.74) is 4.11. The topological polar surface area (TPSA) is 37.8 Å². The van der Waals surface area contributed by atoms with E-state index in [9.17, 15) is 4.39 Å². The number of benzene rings is 1. The maximum Gasteiger partial charge on any atom is 0.159 e. The van der Waals surface area contributed by atoms with Crippen molar-refractivity contribution in [2.45, 2.75) is 32.9 Å². The molecule has 3 rings (SSSR count). The molecule has 4 heteroatoms. The average Bonchev–Trinajstić information content (AvgIpc) is 2.87. The lowest BCUT2D eigenvalue weighted by Gasteiger charge is -2.09. The van der Waals surface area contributed by atoms with Gasteiger partial charge in [0.25, 0.3) is 0 Å². The monoisotopic (exact) mass is 257 g/mol. The van der Waals surface area contributed by atoms with Crippen LogP contribution in [0.1, 0.15) is 30.3 Å². The highest BCUT2D eigenvalue weighted by atomic mass is 19.1. The Balaban J connectivity index is 2.10. The Kier molecular flexibility index (Phi) is 3.25. The summed E-state index contributed by atoms with van der Waals surface area (Å²) in [6.07, 6.45) is 1.99. The summed E-state index contributed by atoms with van der Waals surface area (Å²) in [5.74, 6) is 0.377. The second-order valence-corrected chi connectivity index (χ2v) is 4.78. The van der Waals surface area contributed by atoms with E-state index in [1.54, 1.807) is 6.07 Å². The van der Waals surface area contributed by atoms with E-state index in [0.29, 0.717) is 5.82 Å². The number of aromatic nitrogens is 2. The predicted octanol–water partition coefficient (Wildman–Crippen LogP) is 2.84. The zero-order valence-electron chi connectivity index (χ0n) is 10.9. The van der Waals surface area contributed by atoms with Crippen LogP contribution in [0, 0.1) is 5.82 Å². The number of hydrogen-bond acceptors (Lipinski definition) is 3. The van der Waals surface area contributed by atoms with Crippen molar-refractivity contribution < 1.29 is 4.39 Å². The number of halogens is 1. The molecule has 0 unspecified atom stereocenters. The lowest BCUT2D eigenvalue weighted by Crippen LogP contribution is -2.03. The van der Waals surface area contributed by atoms with Gasteiger partial charge >= 0.3 is 0 Å². The summed E-state index contributed by atoms with van der Waals surface area (Å²) < 4.78 is 13.3. The molecule has 2 aromatic rings. The predicted molar refractivity (Wildman–Crippen MR) is 72.0 cm³/mol. The molecule has 2 heterocycles. The van der Waals surface area contributed by atoms with Crippen molar-refractivity contribution in [1.29, 1.82) is 0 Å². The SMILES string of the molecule is CCCc1nc(-c2cccc(F)c2)nc2c1CNC2. The minimum Gasteiger partial charge on any atom is -0.307 e. The summed E-state index contributed by atoms with van der Waals surface area (Å²) >= 11 is 0. The molecule has 0 bridgehead atoms. The van der Waals surface area contributed by atoms with E-state index in [0.717, 1.165) is 42.9 Å². The maximum absolute atomic E-state index is 13.3. The third-order valence-corrected chi connectivity index (χ3v) is 3.34. The fourth-order valence-corrected chi connectivity index (χ4v) is 2.44. The van der Waals surface area contributed by atoms with Crippen molar-refractivity contribution in [3.8, 4) is 11.4 Å². The molecular formula is C15H16FN3. The molecule has 1 aromatic carbocycles. The van der Waals surface area contributed by atoms with E-state index >= 15 is 0 Å². The fraction of sp³-hybridized carbons (Fsp3) is 0.333. The third kappa shape index (κ3) is 2.36. The first-order valence-corrected chi connectivity index (χ1v) is 6.63. The number of aryl methyl sites for hydroxylation is 1. The lowest BCUT2D eigenvalue weighted by atomic mass is 10.1. The molecular weight excluding hydrogens is 241 g/mol. The van der Waals surface area contributed by atoms with Gasteiger partial charge in [-0.25, -0.2) is 14.4 Å². The molecule has 0 atom stereocenters. The molecule has 0 saturated carbocycles. The molecule has 1 aliphatic heterocycles. The zero-order chi connectivity index (χ0) is 13.2. The van der Waals surface area contributed by atoms with Gasteiger partial charge < -0.3 is 5.32 Å². The largest absolute Gasteiger partial charge is 0.307 e. The minimum atomic E-state index is -0.253. The highest BCUT2D eigenvalue weighted by molar-refractivity contribution is 5.56. The highest BCUT2D eigenvalue weighted by Crippen LogP contribution is 2.23. The van der Waals surface area contributed by atoms with Crippen LogP contribution < -0.4 is 5.32 Å². The van der Waals surface area contributed by atoms with Gasteiger partial charge in [-0.2, -0.15) is 0 Å². The summed E-state index contributed by atoms with van der Waals surface area (Å²) in [6, 6.07) is 6.47. The molecule has 3 nitrogen and oxygen atoms in total. The maximum atomic E-state index is 13.3. The molecule has 0 radical (unpaired) electrons. The van der Waals surface area contributed by atoms with Crippen LogP contribution in [0.5, 0.6) is 0 Å². The van der Waals surface area contributed by atoms with Crippen LogP contribution in [-0.2, 0) is 19.5 Å². The van der Waals surface area contributed by atoms with Gasteiger partial charge in [0.1, 0.15) is 5.82 Å². The standard InChI is InChI=1S/C15H16FN3/c1-2-4-13-12-8-17-9-14(12)19-15(18-13)10-5-3-6-11(16)7-10/h3,5-7,17H,2,4,8-9H2,1H3. The van der Waals surface area contributed by atoms with Crippen LogP contribution in [0.25, 0.3) is 11.4 Å². The molecule has 0 fully saturated rings. The molecule has 19 heavy (non-hydrogen) atoms. The van der Waals surface area contributed by atoms with Crippen LogP contribution >= 0.6 is 0 Å². The van der Waals surface area contributed by atoms with E-state index in [4.69, 9.17) is 0 Å². The third-order valence-electron chi connectivity index (χ3n) is 3.34. The number of nitrogens with one attached hydrogen (secondary N) is 1. The fourth-order valence-electron chi connectivity index (χ4n) is 2.44. The molecule has 0 spiro atoms. The number of fused-ring (bicyclic) bond motifs is 1. The van der Waals surface area contributed by atoms with Crippen LogP contribution in [0.4, 0.5) is 4.39 Å². The van der Waals surface area contributed by atoms with Gasteiger partial charge in [-0.1, -0.05) is 25.5 Å². The summed E-state index contributed by atoms with van der Waals surface area (Å²) in [5, 5.41) is 3.30. The van der Waals surface area contributed by atoms with Gasteiger partial charge in [0.15, 0.2) is 5.82 Å². The van der Waals surface area contributed by atoms with Crippen molar-refractivity contribution in [3.63, 3.8) is 0 Å². The van der Waals surface area contributed by atoms with E-state index in [1.807, 2.05) is 6.07 Å². The first-order chi connectivity index (χ1) is 9.28. The second-order valence-electron chi connectivity index (χ2n) is 4.78. The van der Waals surface area contributed by atoms with Gasteiger partial charge in [0.2, 0.25) is 0 Å². The van der Waals surface area contributed by atoms with Gasteiger partial charge in [-0.3, -0.25) is 0 Å². The Hall–Kier alpha value is -1.81. The Morgan fingerprint density at radius 2 is 2.16 bits per heavy atom. The van der Waals surface area contributed by atoms with Gasteiger partial charge in [0.05, 0.1) is 5.69 Å². The van der Waals surface area contributed by atoms with Crippen LogP contribution in [0.15, 0.2) is 24.3 Å². The Labute approximate surface area is 111 Å². The first kappa shape index (κ1) is 12.2. The quantitative estimate of drug-likeness (QED) is 0.918. The van der Waals surface area contributed by atoms with Gasteiger partial charge in [-0.15, -0.1) is 0 Å². The number of nitrogens with zero attached hydrogens (tertiary/aromatic N) is 2. The smallest absolute Gasteiger partial charge is 0.159 e. The summed E-state index contributed by atoms with van der Waals surface area (Å²) in [7, 11) is 0. The van der Waals surface area contributed by atoms with E-state index < -0.39 is 0 Å². The molecule has 0 aliphatic carbocycles. The Morgan fingerprint density at radius 3 is 2.95 bits per heavy atom.